The molecule has 0 saturated heterocycles. The van der Waals surface area contributed by atoms with Gasteiger partial charge in [-0.1, -0.05) is 38.3 Å². The van der Waals surface area contributed by atoms with Crippen LogP contribution in [0.1, 0.15) is 39.5 Å². The van der Waals surface area contributed by atoms with E-state index in [4.69, 9.17) is 0 Å². The van der Waals surface area contributed by atoms with Gasteiger partial charge in [0.05, 0.1) is 6.54 Å². The summed E-state index contributed by atoms with van der Waals surface area (Å²) in [6.07, 6.45) is 7.69. The van der Waals surface area contributed by atoms with Crippen molar-refractivity contribution in [1.29, 1.82) is 0 Å². The van der Waals surface area contributed by atoms with E-state index < -0.39 is 0 Å². The number of hydrogen-bond acceptors (Lipinski definition) is 1. The number of benzene rings is 1. The lowest BCUT2D eigenvalue weighted by Crippen LogP contribution is -2.30. The van der Waals surface area contributed by atoms with E-state index in [1.54, 1.807) is 0 Å². The highest BCUT2D eigenvalue weighted by molar-refractivity contribution is 7.98. The molecule has 0 aliphatic rings. The van der Waals surface area contributed by atoms with E-state index in [1.165, 1.54) is 42.5 Å². The third-order valence-electron chi connectivity index (χ3n) is 3.49. The van der Waals surface area contributed by atoms with Crippen molar-refractivity contribution in [2.75, 3.05) is 5.75 Å². The normalized spacial score (nSPS) is 11.3. The molecule has 0 unspecified atom stereocenters. The van der Waals surface area contributed by atoms with Crippen molar-refractivity contribution in [3.05, 3.63) is 30.6 Å². The van der Waals surface area contributed by atoms with Gasteiger partial charge in [0.1, 0.15) is 5.88 Å². The van der Waals surface area contributed by atoms with Crippen LogP contribution in [0.4, 0.5) is 0 Å². The van der Waals surface area contributed by atoms with E-state index in [-0.39, 0.29) is 0 Å². The number of hydrogen-bond donors (Lipinski definition) is 0. The molecular weight excluding hydrogens is 252 g/mol. The van der Waals surface area contributed by atoms with E-state index in [0.29, 0.717) is 0 Å². The minimum absolute atomic E-state index is 1.04. The molecule has 1 heterocycles. The van der Waals surface area contributed by atoms with Gasteiger partial charge in [0.2, 0.25) is 6.33 Å². The maximum absolute atomic E-state index is 2.38. The SMILES string of the molecule is CCCCCCSC[n+]1cn(CC)c2ccccc21. The van der Waals surface area contributed by atoms with Gasteiger partial charge in [-0.15, -0.1) is 11.8 Å². The molecule has 1 aromatic heterocycles. The molecule has 3 heteroatoms. The first kappa shape index (κ1) is 14.4. The summed E-state index contributed by atoms with van der Waals surface area (Å²) < 4.78 is 4.70. The van der Waals surface area contributed by atoms with Crippen LogP contribution in [0.3, 0.4) is 0 Å². The Balaban J connectivity index is 1.93. The molecule has 0 aliphatic heterocycles. The highest BCUT2D eigenvalue weighted by Gasteiger charge is 2.13. The molecule has 0 amide bonds. The van der Waals surface area contributed by atoms with Gasteiger partial charge in [-0.25, -0.2) is 9.13 Å². The average molecular weight is 277 g/mol. The highest BCUT2D eigenvalue weighted by atomic mass is 32.2. The molecule has 0 spiro atoms. The van der Waals surface area contributed by atoms with Crippen LogP contribution in [0.2, 0.25) is 0 Å². The summed E-state index contributed by atoms with van der Waals surface area (Å²) in [4.78, 5) is 0. The van der Waals surface area contributed by atoms with Crippen LogP contribution in [0.5, 0.6) is 0 Å². The molecule has 0 saturated carbocycles. The zero-order valence-electron chi connectivity index (χ0n) is 12.1. The quantitative estimate of drug-likeness (QED) is 0.518. The van der Waals surface area contributed by atoms with Crippen molar-refractivity contribution in [2.45, 2.75) is 52.0 Å². The zero-order valence-corrected chi connectivity index (χ0v) is 13.0. The Morgan fingerprint density at radius 2 is 1.95 bits per heavy atom. The van der Waals surface area contributed by atoms with Crippen LogP contribution >= 0.6 is 11.8 Å². The summed E-state index contributed by atoms with van der Waals surface area (Å²) in [7, 11) is 0. The summed E-state index contributed by atoms with van der Waals surface area (Å²) in [6.45, 7) is 5.51. The first-order valence-electron chi connectivity index (χ1n) is 7.41. The number of unbranched alkanes of at least 4 members (excludes halogenated alkanes) is 3. The maximum atomic E-state index is 2.38. The standard InChI is InChI=1S/C16H25N2S/c1-3-5-6-9-12-19-14-18-13-17(4-2)15-10-7-8-11-16(15)18/h7-8,10-11,13H,3-6,9,12,14H2,1-2H3/q+1. The van der Waals surface area contributed by atoms with Crippen molar-refractivity contribution in [3.8, 4) is 0 Å². The first-order chi connectivity index (χ1) is 9.36. The maximum Gasteiger partial charge on any atom is 0.245 e. The van der Waals surface area contributed by atoms with Crippen LogP contribution in [-0.2, 0) is 12.4 Å². The number of fused-ring (bicyclic) bond motifs is 1. The molecule has 0 bridgehead atoms. The smallest absolute Gasteiger partial charge is 0.230 e. The second kappa shape index (κ2) is 7.59. The zero-order chi connectivity index (χ0) is 13.5. The molecule has 2 rings (SSSR count). The van der Waals surface area contributed by atoms with Crippen molar-refractivity contribution >= 4 is 22.8 Å². The summed E-state index contributed by atoms with van der Waals surface area (Å²) in [6, 6.07) is 8.68. The lowest BCUT2D eigenvalue weighted by Gasteiger charge is -1.99. The molecule has 0 radical (unpaired) electrons. The fourth-order valence-electron chi connectivity index (χ4n) is 2.39. The van der Waals surface area contributed by atoms with Gasteiger partial charge in [-0.3, -0.25) is 0 Å². The third kappa shape index (κ3) is 3.75. The Morgan fingerprint density at radius 3 is 2.74 bits per heavy atom. The Hall–Kier alpha value is -0.960. The predicted octanol–water partition coefficient (Wildman–Crippen LogP) is 4.22. The number of thioether (sulfide) groups is 1. The number of rotatable bonds is 8. The Labute approximate surface area is 120 Å². The fourth-order valence-corrected chi connectivity index (χ4v) is 3.33. The second-order valence-electron chi connectivity index (χ2n) is 4.96. The molecule has 19 heavy (non-hydrogen) atoms. The highest BCUT2D eigenvalue weighted by Crippen LogP contribution is 2.13. The molecule has 0 aliphatic carbocycles. The third-order valence-corrected chi connectivity index (χ3v) is 4.53. The largest absolute Gasteiger partial charge is 0.245 e. The number of aryl methyl sites for hydroxylation is 1. The van der Waals surface area contributed by atoms with E-state index in [9.17, 15) is 0 Å². The van der Waals surface area contributed by atoms with E-state index in [0.717, 1.165) is 12.4 Å². The predicted molar refractivity (Wildman–Crippen MR) is 84.4 cm³/mol. The van der Waals surface area contributed by atoms with Crippen molar-refractivity contribution in [3.63, 3.8) is 0 Å². The number of aromatic nitrogens is 2. The van der Waals surface area contributed by atoms with Gasteiger partial charge >= 0.3 is 0 Å². The minimum Gasteiger partial charge on any atom is -0.230 e. The monoisotopic (exact) mass is 277 g/mol. The Morgan fingerprint density at radius 1 is 1.11 bits per heavy atom. The van der Waals surface area contributed by atoms with Gasteiger partial charge in [-0.2, -0.15) is 0 Å². The lowest BCUT2D eigenvalue weighted by atomic mass is 10.2. The summed E-state index contributed by atoms with van der Waals surface area (Å²) in [5.41, 5.74) is 2.70. The molecule has 104 valence electrons. The number of para-hydroxylation sites is 2. The minimum atomic E-state index is 1.04. The van der Waals surface area contributed by atoms with Gasteiger partial charge in [0, 0.05) is 0 Å². The summed E-state index contributed by atoms with van der Waals surface area (Å²) >= 11 is 2.05. The van der Waals surface area contributed by atoms with Crippen molar-refractivity contribution in [2.24, 2.45) is 0 Å². The van der Waals surface area contributed by atoms with Gasteiger partial charge in [0.25, 0.3) is 0 Å². The molecule has 1 aromatic carbocycles. The van der Waals surface area contributed by atoms with Crippen LogP contribution in [0.25, 0.3) is 11.0 Å². The van der Waals surface area contributed by atoms with Crippen LogP contribution in [-0.4, -0.2) is 10.3 Å². The Kier molecular flexibility index (Phi) is 5.77. The lowest BCUT2D eigenvalue weighted by molar-refractivity contribution is -0.650. The number of imidazole rings is 1. The van der Waals surface area contributed by atoms with Crippen LogP contribution in [0.15, 0.2) is 30.6 Å². The summed E-state index contributed by atoms with van der Waals surface area (Å²) in [5, 5.41) is 0. The molecule has 2 nitrogen and oxygen atoms in total. The van der Waals surface area contributed by atoms with Gasteiger partial charge < -0.3 is 0 Å². The van der Waals surface area contributed by atoms with E-state index >= 15 is 0 Å². The fraction of sp³-hybridized carbons (Fsp3) is 0.562. The molecule has 0 atom stereocenters. The van der Waals surface area contributed by atoms with E-state index in [2.05, 4.69) is 53.6 Å². The topological polar surface area (TPSA) is 8.81 Å². The molecule has 2 aromatic rings. The molecular formula is C16H25N2S+. The summed E-state index contributed by atoms with van der Waals surface area (Å²) in [5.74, 6) is 2.35. The van der Waals surface area contributed by atoms with Crippen LogP contribution < -0.4 is 4.57 Å². The second-order valence-corrected chi connectivity index (χ2v) is 6.03. The van der Waals surface area contributed by atoms with Crippen LogP contribution in [0, 0.1) is 0 Å². The molecule has 0 fully saturated rings. The van der Waals surface area contributed by atoms with Gasteiger partial charge in [0.15, 0.2) is 11.0 Å². The van der Waals surface area contributed by atoms with Crippen molar-refractivity contribution < 1.29 is 4.57 Å². The number of nitrogens with zero attached hydrogens (tertiary/aromatic N) is 2. The molecule has 0 N–H and O–H groups in total. The Bertz CT molecular complexity index is 504. The first-order valence-corrected chi connectivity index (χ1v) is 8.57. The average Bonchev–Trinajstić information content (AvgIpc) is 2.81. The van der Waals surface area contributed by atoms with E-state index in [1.807, 2.05) is 11.8 Å². The van der Waals surface area contributed by atoms with Crippen molar-refractivity contribution in [1.82, 2.24) is 4.57 Å². The van der Waals surface area contributed by atoms with Gasteiger partial charge in [-0.05, 0) is 31.2 Å².